The normalized spacial score (nSPS) is 15.0. The fourth-order valence-corrected chi connectivity index (χ4v) is 4.55. The van der Waals surface area contributed by atoms with Crippen molar-refractivity contribution in [2.24, 2.45) is 17.3 Å². The number of aryl methyl sites for hydroxylation is 1. The zero-order valence-electron chi connectivity index (χ0n) is 17.1. The first-order chi connectivity index (χ1) is 15.6. The maximum Gasteiger partial charge on any atom is 0.259 e. The predicted molar refractivity (Wildman–Crippen MR) is 127 cm³/mol. The lowest BCUT2D eigenvalue weighted by Crippen LogP contribution is -2.26. The molecule has 7 heteroatoms. The number of hydrogen-bond donors (Lipinski definition) is 1. The molecule has 0 unspecified atom stereocenters. The van der Waals surface area contributed by atoms with E-state index in [0.717, 1.165) is 15.0 Å². The number of thiazole rings is 1. The molecule has 3 aromatic carbocycles. The van der Waals surface area contributed by atoms with E-state index in [0.29, 0.717) is 22.5 Å². The molecular formula is C25H18N4O2S. The van der Waals surface area contributed by atoms with Crippen LogP contribution in [0.15, 0.2) is 101 Å². The van der Waals surface area contributed by atoms with Crippen LogP contribution in [-0.4, -0.2) is 22.0 Å². The van der Waals surface area contributed by atoms with Gasteiger partial charge in [0.1, 0.15) is 0 Å². The number of benzene rings is 3. The third-order valence-corrected chi connectivity index (χ3v) is 6.31. The standard InChI is InChI=1S/C25H18N4O2S/c1-29-21-13-7-8-14-22(21)32-25(29)28-27-20-15-19(23(30)18-12-6-5-11-17(18)20)24(31)26-16-9-3-2-4-10-16/h2-15H,1H3,(H,26,31). The van der Waals surface area contributed by atoms with Crippen molar-refractivity contribution in [3.63, 3.8) is 0 Å². The SMILES string of the molecule is Cn1c(=NN=C2C=C(C(=O)Nc3ccccc3)C(=O)c3ccccc32)sc2ccccc21. The first-order valence-corrected chi connectivity index (χ1v) is 10.8. The molecule has 0 fully saturated rings. The van der Waals surface area contributed by atoms with Crippen LogP contribution in [0.2, 0.25) is 0 Å². The minimum Gasteiger partial charge on any atom is -0.322 e. The van der Waals surface area contributed by atoms with Crippen LogP contribution in [0.25, 0.3) is 10.2 Å². The van der Waals surface area contributed by atoms with E-state index in [1.807, 2.05) is 66.2 Å². The lowest BCUT2D eigenvalue weighted by Gasteiger charge is -2.16. The summed E-state index contributed by atoms with van der Waals surface area (Å²) in [7, 11) is 1.94. The minimum atomic E-state index is -0.476. The van der Waals surface area contributed by atoms with Gasteiger partial charge in [-0.05, 0) is 30.3 Å². The Labute approximate surface area is 187 Å². The number of para-hydroxylation sites is 2. The molecule has 0 bridgehead atoms. The molecule has 4 aromatic rings. The molecule has 156 valence electrons. The smallest absolute Gasteiger partial charge is 0.259 e. The van der Waals surface area contributed by atoms with Gasteiger partial charge in [-0.3, -0.25) is 9.59 Å². The van der Waals surface area contributed by atoms with Crippen molar-refractivity contribution in [3.8, 4) is 0 Å². The van der Waals surface area contributed by atoms with E-state index in [2.05, 4.69) is 15.5 Å². The summed E-state index contributed by atoms with van der Waals surface area (Å²) in [5.74, 6) is -0.809. The van der Waals surface area contributed by atoms with Crippen LogP contribution in [0.3, 0.4) is 0 Å². The summed E-state index contributed by atoms with van der Waals surface area (Å²) in [5, 5.41) is 11.7. The van der Waals surface area contributed by atoms with Gasteiger partial charge in [0, 0.05) is 23.9 Å². The number of nitrogens with one attached hydrogen (secondary N) is 1. The van der Waals surface area contributed by atoms with Crippen molar-refractivity contribution in [3.05, 3.63) is 106 Å². The van der Waals surface area contributed by atoms with Crippen LogP contribution < -0.4 is 10.1 Å². The second-order valence-electron chi connectivity index (χ2n) is 7.25. The Morgan fingerprint density at radius 2 is 1.56 bits per heavy atom. The van der Waals surface area contributed by atoms with Crippen molar-refractivity contribution in [1.82, 2.24) is 4.57 Å². The highest BCUT2D eigenvalue weighted by molar-refractivity contribution is 7.16. The van der Waals surface area contributed by atoms with E-state index in [1.54, 1.807) is 24.3 Å². The van der Waals surface area contributed by atoms with Crippen molar-refractivity contribution < 1.29 is 9.59 Å². The number of carbonyl (C=O) groups excluding carboxylic acids is 2. The molecule has 1 aromatic heterocycles. The molecular weight excluding hydrogens is 420 g/mol. The highest BCUT2D eigenvalue weighted by atomic mass is 32.1. The number of Topliss-reactive ketones (excluding diaryl/α,β-unsaturated/α-hetero) is 1. The Balaban J connectivity index is 1.59. The Kier molecular flexibility index (Phi) is 5.09. The number of nitrogens with zero attached hydrogens (tertiary/aromatic N) is 3. The fourth-order valence-electron chi connectivity index (χ4n) is 3.58. The zero-order chi connectivity index (χ0) is 22.1. The second kappa shape index (κ2) is 8.20. The van der Waals surface area contributed by atoms with Gasteiger partial charge < -0.3 is 9.88 Å². The molecule has 0 radical (unpaired) electrons. The van der Waals surface area contributed by atoms with Gasteiger partial charge in [-0.25, -0.2) is 0 Å². The quantitative estimate of drug-likeness (QED) is 0.382. The summed E-state index contributed by atoms with van der Waals surface area (Å²) in [4.78, 5) is 26.6. The summed E-state index contributed by atoms with van der Waals surface area (Å²) in [6.07, 6.45) is 1.51. The first kappa shape index (κ1) is 19.8. The molecule has 0 aliphatic heterocycles. The Morgan fingerprint density at radius 3 is 2.34 bits per heavy atom. The summed E-state index contributed by atoms with van der Waals surface area (Å²) < 4.78 is 3.07. The number of hydrogen-bond acceptors (Lipinski definition) is 5. The summed E-state index contributed by atoms with van der Waals surface area (Å²) in [5.41, 5.74) is 3.27. The van der Waals surface area contributed by atoms with E-state index in [9.17, 15) is 9.59 Å². The number of anilines is 1. The van der Waals surface area contributed by atoms with Gasteiger partial charge in [-0.1, -0.05) is 65.9 Å². The molecule has 1 aliphatic rings. The fraction of sp³-hybridized carbons (Fsp3) is 0.0400. The topological polar surface area (TPSA) is 75.8 Å². The molecule has 1 heterocycles. The number of allylic oxidation sites excluding steroid dienone is 1. The number of amides is 1. The number of rotatable bonds is 3. The van der Waals surface area contributed by atoms with E-state index in [1.165, 1.54) is 17.4 Å². The first-order valence-electron chi connectivity index (χ1n) is 10.0. The molecule has 0 saturated heterocycles. The lowest BCUT2D eigenvalue weighted by atomic mass is 9.88. The van der Waals surface area contributed by atoms with Crippen LogP contribution in [0.1, 0.15) is 15.9 Å². The van der Waals surface area contributed by atoms with Crippen LogP contribution in [0.4, 0.5) is 5.69 Å². The van der Waals surface area contributed by atoms with Crippen LogP contribution in [0.5, 0.6) is 0 Å². The monoisotopic (exact) mass is 438 g/mol. The number of fused-ring (bicyclic) bond motifs is 2. The molecule has 0 atom stereocenters. The van der Waals surface area contributed by atoms with Crippen LogP contribution in [-0.2, 0) is 11.8 Å². The lowest BCUT2D eigenvalue weighted by molar-refractivity contribution is -0.112. The molecule has 1 amide bonds. The van der Waals surface area contributed by atoms with Gasteiger partial charge in [0.15, 0.2) is 5.78 Å². The third-order valence-electron chi connectivity index (χ3n) is 5.21. The molecule has 0 spiro atoms. The highest BCUT2D eigenvalue weighted by Crippen LogP contribution is 2.23. The van der Waals surface area contributed by atoms with Gasteiger partial charge in [-0.15, -0.1) is 10.2 Å². The summed E-state index contributed by atoms with van der Waals surface area (Å²) in [6.45, 7) is 0. The number of aromatic nitrogens is 1. The van der Waals surface area contributed by atoms with Crippen molar-refractivity contribution >= 4 is 44.6 Å². The third kappa shape index (κ3) is 3.59. The Hall–Kier alpha value is -4.10. The Morgan fingerprint density at radius 1 is 0.875 bits per heavy atom. The minimum absolute atomic E-state index is 0.0298. The molecule has 1 N–H and O–H groups in total. The van der Waals surface area contributed by atoms with Gasteiger partial charge in [-0.2, -0.15) is 0 Å². The van der Waals surface area contributed by atoms with Crippen LogP contribution >= 0.6 is 11.3 Å². The second-order valence-corrected chi connectivity index (χ2v) is 8.26. The molecule has 1 aliphatic carbocycles. The number of ketones is 1. The van der Waals surface area contributed by atoms with Crippen molar-refractivity contribution in [2.75, 3.05) is 5.32 Å². The van der Waals surface area contributed by atoms with Gasteiger partial charge in [0.2, 0.25) is 4.80 Å². The predicted octanol–water partition coefficient (Wildman–Crippen LogP) is 4.31. The summed E-state index contributed by atoms with van der Waals surface area (Å²) in [6, 6.07) is 24.2. The van der Waals surface area contributed by atoms with Gasteiger partial charge >= 0.3 is 0 Å². The molecule has 0 saturated carbocycles. The molecule has 6 nitrogen and oxygen atoms in total. The number of carbonyl (C=O) groups is 2. The highest BCUT2D eigenvalue weighted by Gasteiger charge is 2.28. The van der Waals surface area contributed by atoms with E-state index in [4.69, 9.17) is 0 Å². The average molecular weight is 439 g/mol. The van der Waals surface area contributed by atoms with Crippen LogP contribution in [0, 0.1) is 0 Å². The summed E-state index contributed by atoms with van der Waals surface area (Å²) >= 11 is 1.53. The van der Waals surface area contributed by atoms with E-state index in [-0.39, 0.29) is 11.4 Å². The van der Waals surface area contributed by atoms with Gasteiger partial charge in [0.05, 0.1) is 21.5 Å². The maximum atomic E-state index is 13.0. The van der Waals surface area contributed by atoms with Crippen molar-refractivity contribution in [2.45, 2.75) is 0 Å². The molecule has 32 heavy (non-hydrogen) atoms. The van der Waals surface area contributed by atoms with E-state index >= 15 is 0 Å². The largest absolute Gasteiger partial charge is 0.322 e. The Bertz CT molecular complexity index is 1490. The zero-order valence-corrected chi connectivity index (χ0v) is 18.0. The van der Waals surface area contributed by atoms with Gasteiger partial charge in [0.25, 0.3) is 5.91 Å². The van der Waals surface area contributed by atoms with Crippen molar-refractivity contribution in [1.29, 1.82) is 0 Å². The average Bonchev–Trinajstić information content (AvgIpc) is 3.15. The maximum absolute atomic E-state index is 13.0. The molecule has 5 rings (SSSR count). The van der Waals surface area contributed by atoms with E-state index < -0.39 is 5.91 Å².